The summed E-state index contributed by atoms with van der Waals surface area (Å²) < 4.78 is 11.3. The number of allylic oxidation sites excluding steroid dienone is 9. The molecule has 6 N–H and O–H groups in total. The summed E-state index contributed by atoms with van der Waals surface area (Å²) in [6.07, 6.45) is 65.8. The van der Waals surface area contributed by atoms with Crippen molar-refractivity contribution < 1.29 is 39.8 Å². The molecule has 0 aromatic heterocycles. The molecular weight excluding hydrogens is 911 g/mol. The Labute approximate surface area is 449 Å². The van der Waals surface area contributed by atoms with Crippen molar-refractivity contribution in [2.75, 3.05) is 13.2 Å². The van der Waals surface area contributed by atoms with Crippen molar-refractivity contribution in [1.29, 1.82) is 0 Å². The van der Waals surface area contributed by atoms with Gasteiger partial charge in [-0.3, -0.25) is 4.79 Å². The summed E-state index contributed by atoms with van der Waals surface area (Å²) in [5.74, 6) is -0.187. The fourth-order valence-corrected chi connectivity index (χ4v) is 9.65. The Hall–Kier alpha value is -2.11. The Morgan fingerprint density at radius 1 is 0.466 bits per heavy atom. The average Bonchev–Trinajstić information content (AvgIpc) is 3.39. The van der Waals surface area contributed by atoms with Crippen LogP contribution >= 0.6 is 0 Å². The summed E-state index contributed by atoms with van der Waals surface area (Å²) in [4.78, 5) is 13.1. The van der Waals surface area contributed by atoms with Crippen LogP contribution in [0.3, 0.4) is 0 Å². The molecule has 0 spiro atoms. The summed E-state index contributed by atoms with van der Waals surface area (Å²) in [7, 11) is 0. The van der Waals surface area contributed by atoms with E-state index in [1.165, 1.54) is 212 Å². The lowest BCUT2D eigenvalue weighted by atomic mass is 9.99. The van der Waals surface area contributed by atoms with Gasteiger partial charge in [0.05, 0.1) is 25.4 Å². The second-order valence-corrected chi connectivity index (χ2v) is 21.5. The first-order valence-corrected chi connectivity index (χ1v) is 31.0. The molecule has 0 saturated carbocycles. The van der Waals surface area contributed by atoms with Gasteiger partial charge in [-0.25, -0.2) is 0 Å². The zero-order valence-electron chi connectivity index (χ0n) is 47.4. The molecule has 1 saturated heterocycles. The fraction of sp³-hybridized carbons (Fsp3) is 0.828. The molecule has 0 radical (unpaired) electrons. The molecule has 7 atom stereocenters. The van der Waals surface area contributed by atoms with Crippen LogP contribution in [0.15, 0.2) is 60.8 Å². The van der Waals surface area contributed by atoms with Crippen LogP contribution < -0.4 is 5.32 Å². The molecule has 0 aliphatic carbocycles. The molecule has 1 rings (SSSR count). The first kappa shape index (κ1) is 68.9. The van der Waals surface area contributed by atoms with E-state index in [0.717, 1.165) is 51.4 Å². The smallest absolute Gasteiger partial charge is 0.220 e. The van der Waals surface area contributed by atoms with Crippen molar-refractivity contribution in [2.45, 2.75) is 326 Å². The Kier molecular flexibility index (Phi) is 50.3. The third-order valence-electron chi connectivity index (χ3n) is 14.6. The first-order chi connectivity index (χ1) is 35.8. The highest BCUT2D eigenvalue weighted by atomic mass is 16.7. The van der Waals surface area contributed by atoms with Gasteiger partial charge in [0, 0.05) is 6.42 Å². The number of hydrogen-bond donors (Lipinski definition) is 6. The van der Waals surface area contributed by atoms with E-state index < -0.39 is 49.5 Å². The van der Waals surface area contributed by atoms with E-state index in [0.29, 0.717) is 6.42 Å². The van der Waals surface area contributed by atoms with Gasteiger partial charge in [-0.2, -0.15) is 0 Å². The van der Waals surface area contributed by atoms with Gasteiger partial charge in [-0.15, -0.1) is 0 Å². The van der Waals surface area contributed by atoms with Gasteiger partial charge in [0.15, 0.2) is 6.29 Å². The third-order valence-corrected chi connectivity index (χ3v) is 14.6. The zero-order valence-corrected chi connectivity index (χ0v) is 47.4. The van der Waals surface area contributed by atoms with Crippen LogP contribution in [0.1, 0.15) is 284 Å². The molecule has 73 heavy (non-hydrogen) atoms. The van der Waals surface area contributed by atoms with E-state index in [1.54, 1.807) is 6.08 Å². The maximum atomic E-state index is 13.1. The van der Waals surface area contributed by atoms with Gasteiger partial charge in [0.25, 0.3) is 0 Å². The topological polar surface area (TPSA) is 149 Å². The Morgan fingerprint density at radius 2 is 0.822 bits per heavy atom. The number of amides is 1. The maximum absolute atomic E-state index is 13.1. The Bertz CT molecular complexity index is 1330. The average molecular weight is 1030 g/mol. The van der Waals surface area contributed by atoms with E-state index >= 15 is 0 Å². The molecule has 1 fully saturated rings. The van der Waals surface area contributed by atoms with E-state index in [9.17, 15) is 30.3 Å². The lowest BCUT2D eigenvalue weighted by Gasteiger charge is -2.40. The van der Waals surface area contributed by atoms with Gasteiger partial charge in [-0.1, -0.05) is 267 Å². The lowest BCUT2D eigenvalue weighted by molar-refractivity contribution is -0.302. The minimum Gasteiger partial charge on any atom is -0.394 e. The van der Waals surface area contributed by atoms with Crippen molar-refractivity contribution in [3.05, 3.63) is 60.8 Å². The number of carbonyl (C=O) groups excluding carboxylic acids is 1. The van der Waals surface area contributed by atoms with Crippen molar-refractivity contribution in [2.24, 2.45) is 0 Å². The molecule has 9 heteroatoms. The highest BCUT2D eigenvalue weighted by Gasteiger charge is 2.44. The van der Waals surface area contributed by atoms with Crippen LogP contribution in [-0.4, -0.2) is 87.5 Å². The molecule has 9 nitrogen and oxygen atoms in total. The third kappa shape index (κ3) is 42.7. The molecule has 426 valence electrons. The lowest BCUT2D eigenvalue weighted by Crippen LogP contribution is -2.60. The standard InChI is InChI=1S/C64H117NO8/c1-3-5-7-9-11-13-15-17-19-21-23-25-27-28-29-30-32-34-36-38-40-42-44-46-48-50-52-54-60(68)65-57(56-72-64-63(71)62(70)61(69)59(55-66)73-64)58(67)53-51-49-47-45-43-41-39-37-35-33-31-26-24-22-20-18-16-14-12-10-8-6-4-2/h15,17,21,23,27-28,43,45,51,53,57-59,61-64,66-67,69-71H,3-14,16,18-20,22,24-26,29-42,44,46-50,52,54-56H2,1-2H3,(H,65,68)/b17-15-,23-21-,28-27-,45-43+,53-51+. The minimum absolute atomic E-state index is 0.187. The molecule has 1 aliphatic rings. The molecule has 0 bridgehead atoms. The second kappa shape index (κ2) is 53.3. The number of hydrogen-bond acceptors (Lipinski definition) is 8. The van der Waals surface area contributed by atoms with E-state index in [1.807, 2.05) is 6.08 Å². The van der Waals surface area contributed by atoms with Crippen molar-refractivity contribution >= 4 is 5.91 Å². The molecule has 1 aliphatic heterocycles. The highest BCUT2D eigenvalue weighted by molar-refractivity contribution is 5.76. The van der Waals surface area contributed by atoms with E-state index in [2.05, 4.69) is 67.8 Å². The summed E-state index contributed by atoms with van der Waals surface area (Å²) in [6, 6.07) is -0.826. The number of carbonyl (C=O) groups is 1. The van der Waals surface area contributed by atoms with Crippen LogP contribution in [-0.2, 0) is 14.3 Å². The predicted molar refractivity (Wildman–Crippen MR) is 309 cm³/mol. The van der Waals surface area contributed by atoms with Crippen LogP contribution in [0.25, 0.3) is 0 Å². The Morgan fingerprint density at radius 3 is 1.25 bits per heavy atom. The molecule has 0 aromatic carbocycles. The predicted octanol–water partition coefficient (Wildman–Crippen LogP) is 15.9. The van der Waals surface area contributed by atoms with Gasteiger partial charge in [-0.05, 0) is 70.6 Å². The fourth-order valence-electron chi connectivity index (χ4n) is 9.65. The maximum Gasteiger partial charge on any atom is 0.220 e. The monoisotopic (exact) mass is 1030 g/mol. The number of rotatable bonds is 53. The number of nitrogens with one attached hydrogen (secondary N) is 1. The minimum atomic E-state index is -1.57. The second-order valence-electron chi connectivity index (χ2n) is 21.5. The number of ether oxygens (including phenoxy) is 2. The molecule has 7 unspecified atom stereocenters. The normalized spacial score (nSPS) is 19.5. The van der Waals surface area contributed by atoms with Gasteiger partial charge in [0.2, 0.25) is 5.91 Å². The molecule has 1 heterocycles. The van der Waals surface area contributed by atoms with Crippen molar-refractivity contribution in [3.63, 3.8) is 0 Å². The number of aliphatic hydroxyl groups excluding tert-OH is 5. The summed E-state index contributed by atoms with van der Waals surface area (Å²) in [5.41, 5.74) is 0. The van der Waals surface area contributed by atoms with Gasteiger partial charge < -0.3 is 40.3 Å². The summed E-state index contributed by atoms with van der Waals surface area (Å²) >= 11 is 0. The van der Waals surface area contributed by atoms with E-state index in [-0.39, 0.29) is 12.5 Å². The van der Waals surface area contributed by atoms with Crippen LogP contribution in [0.2, 0.25) is 0 Å². The van der Waals surface area contributed by atoms with Crippen molar-refractivity contribution in [3.8, 4) is 0 Å². The van der Waals surface area contributed by atoms with Gasteiger partial charge in [0.1, 0.15) is 24.4 Å². The van der Waals surface area contributed by atoms with Crippen LogP contribution in [0, 0.1) is 0 Å². The number of aliphatic hydroxyl groups is 5. The molecule has 0 aromatic rings. The molecular formula is C64H117NO8. The summed E-state index contributed by atoms with van der Waals surface area (Å²) in [5, 5.41) is 54.6. The zero-order chi connectivity index (χ0) is 52.9. The van der Waals surface area contributed by atoms with Crippen LogP contribution in [0.4, 0.5) is 0 Å². The SMILES string of the molecule is CCCCCCC/C=C\C/C=C\C/C=C\CCCCCCCCCCCCCCC(=O)NC(COC1OC(CO)C(O)C(O)C1O)C(O)/C=C/CC/C=C/CCCCCCCCCCCCCCCCCCC. The van der Waals surface area contributed by atoms with Gasteiger partial charge >= 0.3 is 0 Å². The highest BCUT2D eigenvalue weighted by Crippen LogP contribution is 2.23. The summed E-state index contributed by atoms with van der Waals surface area (Å²) in [6.45, 7) is 3.78. The number of unbranched alkanes of at least 4 members (excludes halogenated alkanes) is 35. The largest absolute Gasteiger partial charge is 0.394 e. The first-order valence-electron chi connectivity index (χ1n) is 31.0. The quantitative estimate of drug-likeness (QED) is 0.0261. The van der Waals surface area contributed by atoms with Crippen molar-refractivity contribution in [1.82, 2.24) is 5.32 Å². The van der Waals surface area contributed by atoms with Crippen LogP contribution in [0.5, 0.6) is 0 Å². The molecule has 1 amide bonds. The van der Waals surface area contributed by atoms with E-state index in [4.69, 9.17) is 9.47 Å². The Balaban J connectivity index is 2.22.